The molecule has 0 heterocycles. The third-order valence-electron chi connectivity index (χ3n) is 3.06. The summed E-state index contributed by atoms with van der Waals surface area (Å²) in [5.41, 5.74) is 0.735. The van der Waals surface area contributed by atoms with Crippen molar-refractivity contribution in [2.45, 2.75) is 31.8 Å². The molecule has 1 aromatic rings. The highest BCUT2D eigenvalue weighted by Crippen LogP contribution is 2.29. The molecule has 14 heavy (non-hydrogen) atoms. The van der Waals surface area contributed by atoms with Gasteiger partial charge in [-0.15, -0.1) is 0 Å². The molecule has 0 saturated heterocycles. The predicted octanol–water partition coefficient (Wildman–Crippen LogP) is 2.53. The molecule has 1 aliphatic carbocycles. The summed E-state index contributed by atoms with van der Waals surface area (Å²) in [6.07, 6.45) is 3.41. The van der Waals surface area contributed by atoms with Gasteiger partial charge in [-0.2, -0.15) is 0 Å². The van der Waals surface area contributed by atoms with Crippen molar-refractivity contribution >= 4 is 0 Å². The fraction of sp³-hybridized carbons (Fsp3) is 0.500. The van der Waals surface area contributed by atoms with Crippen molar-refractivity contribution in [2.75, 3.05) is 0 Å². The van der Waals surface area contributed by atoms with Crippen LogP contribution in [0.2, 0.25) is 0 Å². The van der Waals surface area contributed by atoms with Crippen LogP contribution in [0.15, 0.2) is 24.3 Å². The van der Waals surface area contributed by atoms with Crippen LogP contribution in [0.25, 0.3) is 0 Å². The van der Waals surface area contributed by atoms with Crippen molar-refractivity contribution in [3.63, 3.8) is 0 Å². The first kappa shape index (κ1) is 9.66. The Bertz CT molecular complexity index is 311. The molecular weight excluding hydrogens is 179 g/mol. The lowest BCUT2D eigenvalue weighted by molar-refractivity contribution is 0.132. The van der Waals surface area contributed by atoms with Gasteiger partial charge in [-0.05, 0) is 36.8 Å². The zero-order valence-corrected chi connectivity index (χ0v) is 8.12. The maximum atomic E-state index is 13.3. The van der Waals surface area contributed by atoms with E-state index in [-0.39, 0.29) is 17.8 Å². The van der Waals surface area contributed by atoms with E-state index in [1.165, 1.54) is 6.07 Å². The Morgan fingerprint density at radius 1 is 1.29 bits per heavy atom. The van der Waals surface area contributed by atoms with Crippen molar-refractivity contribution in [3.8, 4) is 0 Å². The van der Waals surface area contributed by atoms with Gasteiger partial charge in [0.1, 0.15) is 5.82 Å². The minimum absolute atomic E-state index is 0.147. The summed E-state index contributed by atoms with van der Waals surface area (Å²) in [5, 5.41) is 9.62. The average Bonchev–Trinajstić information content (AvgIpc) is 2.56. The first-order valence-corrected chi connectivity index (χ1v) is 5.19. The second kappa shape index (κ2) is 4.09. The molecular formula is C12H15FO. The fourth-order valence-corrected chi connectivity index (χ4v) is 2.20. The maximum absolute atomic E-state index is 13.3. The molecule has 2 rings (SSSR count). The van der Waals surface area contributed by atoms with Gasteiger partial charge in [0.25, 0.3) is 0 Å². The number of halogens is 1. The number of aliphatic hydroxyl groups is 1. The van der Waals surface area contributed by atoms with E-state index in [9.17, 15) is 9.50 Å². The van der Waals surface area contributed by atoms with Gasteiger partial charge in [-0.25, -0.2) is 4.39 Å². The average molecular weight is 194 g/mol. The molecule has 1 aromatic carbocycles. The van der Waals surface area contributed by atoms with Crippen LogP contribution >= 0.6 is 0 Å². The van der Waals surface area contributed by atoms with Crippen LogP contribution in [-0.2, 0) is 6.42 Å². The molecule has 0 aliphatic heterocycles. The summed E-state index contributed by atoms with van der Waals surface area (Å²) < 4.78 is 13.3. The number of hydrogen-bond donors (Lipinski definition) is 1. The summed E-state index contributed by atoms with van der Waals surface area (Å²) >= 11 is 0. The summed E-state index contributed by atoms with van der Waals surface area (Å²) in [5.74, 6) is 0.110. The fourth-order valence-electron chi connectivity index (χ4n) is 2.20. The van der Waals surface area contributed by atoms with Crippen molar-refractivity contribution < 1.29 is 9.50 Å². The normalized spacial score (nSPS) is 26.7. The lowest BCUT2D eigenvalue weighted by Gasteiger charge is -2.14. The SMILES string of the molecule is OC1CCCC1Cc1ccccc1F. The highest BCUT2D eigenvalue weighted by Gasteiger charge is 2.25. The molecule has 0 spiro atoms. The largest absolute Gasteiger partial charge is 0.393 e. The van der Waals surface area contributed by atoms with Gasteiger partial charge < -0.3 is 5.11 Å². The van der Waals surface area contributed by atoms with Gasteiger partial charge in [-0.3, -0.25) is 0 Å². The van der Waals surface area contributed by atoms with E-state index in [1.807, 2.05) is 6.07 Å². The summed E-state index contributed by atoms with van der Waals surface area (Å²) in [6, 6.07) is 6.83. The smallest absolute Gasteiger partial charge is 0.126 e. The van der Waals surface area contributed by atoms with Crippen LogP contribution < -0.4 is 0 Å². The van der Waals surface area contributed by atoms with Crippen LogP contribution in [0.3, 0.4) is 0 Å². The standard InChI is InChI=1S/C12H15FO/c13-11-6-2-1-4-9(11)8-10-5-3-7-12(10)14/h1-2,4,6,10,12,14H,3,5,7-8H2. The van der Waals surface area contributed by atoms with Crippen LogP contribution in [0.1, 0.15) is 24.8 Å². The first-order valence-electron chi connectivity index (χ1n) is 5.19. The number of benzene rings is 1. The second-order valence-corrected chi connectivity index (χ2v) is 4.05. The molecule has 2 heteroatoms. The molecule has 0 bridgehead atoms. The van der Waals surface area contributed by atoms with E-state index in [0.29, 0.717) is 6.42 Å². The minimum Gasteiger partial charge on any atom is -0.393 e. The lowest BCUT2D eigenvalue weighted by Crippen LogP contribution is -2.16. The van der Waals surface area contributed by atoms with Crippen molar-refractivity contribution in [1.29, 1.82) is 0 Å². The molecule has 0 amide bonds. The highest BCUT2D eigenvalue weighted by molar-refractivity contribution is 5.18. The Morgan fingerprint density at radius 2 is 2.07 bits per heavy atom. The highest BCUT2D eigenvalue weighted by atomic mass is 19.1. The van der Waals surface area contributed by atoms with Gasteiger partial charge in [0.2, 0.25) is 0 Å². The van der Waals surface area contributed by atoms with Crippen molar-refractivity contribution in [1.82, 2.24) is 0 Å². The molecule has 1 nitrogen and oxygen atoms in total. The van der Waals surface area contributed by atoms with Crippen LogP contribution in [0.4, 0.5) is 4.39 Å². The Hall–Kier alpha value is -0.890. The van der Waals surface area contributed by atoms with Gasteiger partial charge in [0.05, 0.1) is 6.10 Å². The zero-order chi connectivity index (χ0) is 9.97. The monoisotopic (exact) mass is 194 g/mol. The van der Waals surface area contributed by atoms with Gasteiger partial charge in [0.15, 0.2) is 0 Å². The Balaban J connectivity index is 2.07. The van der Waals surface area contributed by atoms with Crippen molar-refractivity contribution in [2.24, 2.45) is 5.92 Å². The number of hydrogen-bond acceptors (Lipinski definition) is 1. The Labute approximate surface area is 83.6 Å². The summed E-state index contributed by atoms with van der Waals surface area (Å²) in [7, 11) is 0. The Kier molecular flexibility index (Phi) is 2.82. The molecule has 2 atom stereocenters. The number of rotatable bonds is 2. The van der Waals surface area contributed by atoms with Crippen LogP contribution in [-0.4, -0.2) is 11.2 Å². The van der Waals surface area contributed by atoms with Gasteiger partial charge in [-0.1, -0.05) is 24.6 Å². The predicted molar refractivity (Wildman–Crippen MR) is 53.5 cm³/mol. The van der Waals surface area contributed by atoms with Crippen molar-refractivity contribution in [3.05, 3.63) is 35.6 Å². The molecule has 1 saturated carbocycles. The molecule has 0 aromatic heterocycles. The summed E-state index contributed by atoms with van der Waals surface area (Å²) in [6.45, 7) is 0. The molecule has 2 unspecified atom stereocenters. The van der Waals surface area contributed by atoms with E-state index in [4.69, 9.17) is 0 Å². The van der Waals surface area contributed by atoms with E-state index in [2.05, 4.69) is 0 Å². The van der Waals surface area contributed by atoms with Gasteiger partial charge in [0, 0.05) is 0 Å². The van der Waals surface area contributed by atoms with Crippen LogP contribution in [0.5, 0.6) is 0 Å². The number of aliphatic hydroxyl groups excluding tert-OH is 1. The molecule has 1 fully saturated rings. The second-order valence-electron chi connectivity index (χ2n) is 4.05. The zero-order valence-electron chi connectivity index (χ0n) is 8.12. The lowest BCUT2D eigenvalue weighted by atomic mass is 9.96. The molecule has 1 N–H and O–H groups in total. The van der Waals surface area contributed by atoms with Crippen LogP contribution in [0, 0.1) is 11.7 Å². The quantitative estimate of drug-likeness (QED) is 0.767. The molecule has 0 radical (unpaired) electrons. The van der Waals surface area contributed by atoms with E-state index >= 15 is 0 Å². The topological polar surface area (TPSA) is 20.2 Å². The van der Waals surface area contributed by atoms with E-state index in [0.717, 1.165) is 24.8 Å². The summed E-state index contributed by atoms with van der Waals surface area (Å²) in [4.78, 5) is 0. The minimum atomic E-state index is -0.227. The third-order valence-corrected chi connectivity index (χ3v) is 3.06. The van der Waals surface area contributed by atoms with Gasteiger partial charge >= 0.3 is 0 Å². The first-order chi connectivity index (χ1) is 6.77. The third kappa shape index (κ3) is 1.95. The van der Waals surface area contributed by atoms with E-state index in [1.54, 1.807) is 12.1 Å². The molecule has 1 aliphatic rings. The maximum Gasteiger partial charge on any atom is 0.126 e. The molecule has 76 valence electrons. The Morgan fingerprint density at radius 3 is 2.71 bits per heavy atom. The van der Waals surface area contributed by atoms with E-state index < -0.39 is 0 Å².